The Morgan fingerprint density at radius 2 is 2.18 bits per heavy atom. The summed E-state index contributed by atoms with van der Waals surface area (Å²) in [5, 5.41) is 26.7. The Morgan fingerprint density at radius 1 is 1.42 bits per heavy atom. The van der Waals surface area contributed by atoms with Crippen LogP contribution < -0.4 is 15.4 Å². The summed E-state index contributed by atoms with van der Waals surface area (Å²) in [7, 11) is 3.45. The number of carbonyl (C=O) groups excluding carboxylic acids is 1. The normalized spacial score (nSPS) is 20.4. The summed E-state index contributed by atoms with van der Waals surface area (Å²) in [5.74, 6) is 0.498. The molecule has 2 heterocycles. The second kappa shape index (κ2) is 10.9. The monoisotopic (exact) mass is 534 g/mol. The molecule has 38 heavy (non-hydrogen) atoms. The quantitative estimate of drug-likeness (QED) is 0.393. The number of fused-ring (bicyclic) bond motifs is 2. The van der Waals surface area contributed by atoms with Crippen molar-refractivity contribution in [3.05, 3.63) is 57.6 Å². The molecule has 0 aromatic heterocycles. The van der Waals surface area contributed by atoms with Crippen LogP contribution in [0.15, 0.2) is 40.3 Å². The molecule has 1 unspecified atom stereocenters. The zero-order valence-corrected chi connectivity index (χ0v) is 22.7. The SMILES string of the molecule is C=N/C(=N\C(=C/C)c1cc(C#N)c2c(c1)[C@@](C)(CO)CN2)Nc1cc(Cl)cc2c1OCC(C(=O)N(C)C)C2. The van der Waals surface area contributed by atoms with E-state index in [9.17, 15) is 15.2 Å². The van der Waals surface area contributed by atoms with Crippen LogP contribution >= 0.6 is 11.6 Å². The molecule has 0 bridgehead atoms. The number of nitriles is 1. The van der Waals surface area contributed by atoms with Gasteiger partial charge in [0.2, 0.25) is 11.9 Å². The van der Waals surface area contributed by atoms with E-state index in [4.69, 9.17) is 16.3 Å². The Kier molecular flexibility index (Phi) is 7.76. The van der Waals surface area contributed by atoms with Gasteiger partial charge >= 0.3 is 0 Å². The number of ether oxygens (including phenoxy) is 1. The standard InChI is InChI=1S/C28H31ClN6O3/c1-6-22(16-7-18(12-30)24-21(10-16)28(2,15-36)14-32-24)33-27(31-3)34-23-11-20(29)9-17-8-19(13-38-25(17)23)26(37)35(4)5/h6-7,9-11,19,32,36H,3,8,13-15H2,1-2,4-5H3,(H,33,34)/b22-6-/t19?,28-/m1/s1. The molecule has 0 fully saturated rings. The average molecular weight is 535 g/mol. The van der Waals surface area contributed by atoms with Crippen LogP contribution in [0.25, 0.3) is 5.70 Å². The molecule has 0 radical (unpaired) electrons. The van der Waals surface area contributed by atoms with Crippen LogP contribution in [0.3, 0.4) is 0 Å². The van der Waals surface area contributed by atoms with Gasteiger partial charge in [-0.05, 0) is 55.5 Å². The van der Waals surface area contributed by atoms with E-state index in [1.807, 2.05) is 26.0 Å². The third-order valence-corrected chi connectivity index (χ3v) is 7.14. The number of aliphatic hydroxyl groups is 1. The van der Waals surface area contributed by atoms with E-state index in [1.54, 1.807) is 37.2 Å². The van der Waals surface area contributed by atoms with E-state index >= 15 is 0 Å². The number of allylic oxidation sites excluding steroid dienone is 1. The maximum Gasteiger partial charge on any atom is 0.228 e. The molecule has 0 saturated carbocycles. The number of guanidine groups is 1. The molecule has 2 aromatic rings. The van der Waals surface area contributed by atoms with E-state index < -0.39 is 5.41 Å². The lowest BCUT2D eigenvalue weighted by Gasteiger charge is -2.28. The van der Waals surface area contributed by atoms with Gasteiger partial charge in [-0.15, -0.1) is 0 Å². The summed E-state index contributed by atoms with van der Waals surface area (Å²) in [4.78, 5) is 22.8. The molecule has 4 rings (SSSR count). The molecule has 1 amide bonds. The Balaban J connectivity index is 1.68. The lowest BCUT2D eigenvalue weighted by molar-refractivity contribution is -0.134. The minimum absolute atomic E-state index is 0.00329. The number of rotatable bonds is 5. The number of aliphatic imine (C=N–C) groups is 2. The van der Waals surface area contributed by atoms with Gasteiger partial charge in [-0.2, -0.15) is 5.26 Å². The van der Waals surface area contributed by atoms with Gasteiger partial charge in [-0.25, -0.2) is 9.98 Å². The van der Waals surface area contributed by atoms with Crippen molar-refractivity contribution in [1.29, 1.82) is 5.26 Å². The molecule has 10 heteroatoms. The van der Waals surface area contributed by atoms with Gasteiger partial charge < -0.3 is 25.4 Å². The van der Waals surface area contributed by atoms with Gasteiger partial charge in [0, 0.05) is 36.6 Å². The highest BCUT2D eigenvalue weighted by molar-refractivity contribution is 6.31. The van der Waals surface area contributed by atoms with Gasteiger partial charge in [0.05, 0.1) is 35.2 Å². The Morgan fingerprint density at radius 3 is 2.82 bits per heavy atom. The van der Waals surface area contributed by atoms with Crippen LogP contribution in [-0.2, 0) is 16.6 Å². The van der Waals surface area contributed by atoms with Crippen molar-refractivity contribution >= 4 is 47.3 Å². The summed E-state index contributed by atoms with van der Waals surface area (Å²) in [5.41, 5.74) is 4.22. The third kappa shape index (κ3) is 5.10. The summed E-state index contributed by atoms with van der Waals surface area (Å²) in [6.45, 7) is 8.18. The molecule has 2 aliphatic rings. The fraction of sp³-hybridized carbons (Fsp3) is 0.357. The topological polar surface area (TPSA) is 122 Å². The predicted molar refractivity (Wildman–Crippen MR) is 151 cm³/mol. The highest BCUT2D eigenvalue weighted by Crippen LogP contribution is 2.41. The van der Waals surface area contributed by atoms with Crippen molar-refractivity contribution in [1.82, 2.24) is 4.90 Å². The molecule has 0 saturated heterocycles. The summed E-state index contributed by atoms with van der Waals surface area (Å²) in [6, 6.07) is 9.47. The number of hydrogen-bond acceptors (Lipinski definition) is 6. The maximum absolute atomic E-state index is 12.5. The first-order valence-corrected chi connectivity index (χ1v) is 12.6. The van der Waals surface area contributed by atoms with Crippen LogP contribution in [0.1, 0.15) is 36.1 Å². The highest BCUT2D eigenvalue weighted by atomic mass is 35.5. The van der Waals surface area contributed by atoms with Gasteiger partial charge in [0.25, 0.3) is 0 Å². The predicted octanol–water partition coefficient (Wildman–Crippen LogP) is 4.06. The van der Waals surface area contributed by atoms with Crippen LogP contribution in [0.4, 0.5) is 11.4 Å². The summed E-state index contributed by atoms with van der Waals surface area (Å²) < 4.78 is 6.00. The van der Waals surface area contributed by atoms with Crippen molar-refractivity contribution in [2.24, 2.45) is 15.9 Å². The first kappa shape index (κ1) is 27.2. The van der Waals surface area contributed by atoms with E-state index in [1.165, 1.54) is 0 Å². The van der Waals surface area contributed by atoms with Crippen LogP contribution in [-0.4, -0.2) is 62.4 Å². The smallest absolute Gasteiger partial charge is 0.228 e. The average Bonchev–Trinajstić information content (AvgIpc) is 3.26. The second-order valence-electron chi connectivity index (χ2n) is 9.91. The molecule has 0 aliphatic carbocycles. The van der Waals surface area contributed by atoms with Crippen molar-refractivity contribution in [2.45, 2.75) is 25.7 Å². The first-order chi connectivity index (χ1) is 18.1. The van der Waals surface area contributed by atoms with Gasteiger partial charge in [0.15, 0.2) is 0 Å². The lowest BCUT2D eigenvalue weighted by Crippen LogP contribution is -2.36. The number of nitrogens with zero attached hydrogens (tertiary/aromatic N) is 4. The first-order valence-electron chi connectivity index (χ1n) is 12.2. The van der Waals surface area contributed by atoms with E-state index in [0.717, 1.165) is 16.8 Å². The highest BCUT2D eigenvalue weighted by Gasteiger charge is 2.36. The van der Waals surface area contributed by atoms with Gasteiger partial charge in [-0.1, -0.05) is 24.6 Å². The number of hydrogen-bond donors (Lipinski definition) is 3. The summed E-state index contributed by atoms with van der Waals surface area (Å²) >= 11 is 6.41. The summed E-state index contributed by atoms with van der Waals surface area (Å²) in [6.07, 6.45) is 2.31. The molecular weight excluding hydrogens is 504 g/mol. The van der Waals surface area contributed by atoms with Crippen LogP contribution in [0, 0.1) is 17.2 Å². The molecule has 9 nitrogen and oxygen atoms in total. The second-order valence-corrected chi connectivity index (χ2v) is 10.3. The number of carbonyl (C=O) groups is 1. The Labute approximate surface area is 227 Å². The number of amides is 1. The Hall–Kier alpha value is -3.87. The van der Waals surface area contributed by atoms with Crippen molar-refractivity contribution < 1.29 is 14.6 Å². The molecule has 0 spiro atoms. The van der Waals surface area contributed by atoms with Gasteiger partial charge in [-0.3, -0.25) is 4.79 Å². The van der Waals surface area contributed by atoms with E-state index in [2.05, 4.69) is 33.4 Å². The molecule has 2 atom stereocenters. The number of anilines is 2. The number of nitrogens with one attached hydrogen (secondary N) is 2. The van der Waals surface area contributed by atoms with Crippen LogP contribution in [0.2, 0.25) is 5.02 Å². The lowest BCUT2D eigenvalue weighted by atomic mass is 9.83. The number of aliphatic hydroxyl groups excluding tert-OH is 1. The third-order valence-electron chi connectivity index (χ3n) is 6.92. The molecule has 2 aromatic carbocycles. The largest absolute Gasteiger partial charge is 0.490 e. The van der Waals surface area contributed by atoms with Crippen molar-refractivity contribution in [3.8, 4) is 11.8 Å². The van der Waals surface area contributed by atoms with Crippen molar-refractivity contribution in [2.75, 3.05) is 44.5 Å². The molecule has 198 valence electrons. The zero-order chi connectivity index (χ0) is 27.6. The van der Waals surface area contributed by atoms with E-state index in [0.29, 0.717) is 46.2 Å². The maximum atomic E-state index is 12.5. The van der Waals surface area contributed by atoms with Gasteiger partial charge in [0.1, 0.15) is 18.4 Å². The number of halogens is 1. The molecule has 3 N–H and O–H groups in total. The zero-order valence-electron chi connectivity index (χ0n) is 21.9. The molecular formula is C28H31ClN6O3. The fourth-order valence-corrected chi connectivity index (χ4v) is 5.04. The minimum Gasteiger partial charge on any atom is -0.490 e. The van der Waals surface area contributed by atoms with Crippen molar-refractivity contribution in [3.63, 3.8) is 0 Å². The van der Waals surface area contributed by atoms with Crippen LogP contribution in [0.5, 0.6) is 5.75 Å². The number of benzene rings is 2. The van der Waals surface area contributed by atoms with E-state index in [-0.39, 0.29) is 31.0 Å². The minimum atomic E-state index is -0.514. The Bertz CT molecular complexity index is 1390. The fourth-order valence-electron chi connectivity index (χ4n) is 4.79. The molecule has 2 aliphatic heterocycles.